The number of carbonyl (C=O) groups is 2. The highest BCUT2D eigenvalue weighted by molar-refractivity contribution is 5.89. The van der Waals surface area contributed by atoms with Crippen LogP contribution in [-0.4, -0.2) is 53.2 Å². The molecule has 2 aromatic rings. The number of hydrogen-bond donors (Lipinski definition) is 2. The molecule has 6 nitrogen and oxygen atoms in total. The van der Waals surface area contributed by atoms with Crippen LogP contribution in [-0.2, 0) is 29.0 Å². The molecule has 1 saturated heterocycles. The van der Waals surface area contributed by atoms with Gasteiger partial charge in [-0.15, -0.1) is 0 Å². The fraction of sp³-hybridized carbons (Fsp3) is 0.407. The van der Waals surface area contributed by atoms with Crippen molar-refractivity contribution in [2.45, 2.75) is 45.6 Å². The number of hydrogen-bond acceptors (Lipinski definition) is 4. The maximum Gasteiger partial charge on any atom is 0.328 e. The van der Waals surface area contributed by atoms with Crippen molar-refractivity contribution in [1.82, 2.24) is 4.90 Å². The van der Waals surface area contributed by atoms with Gasteiger partial charge in [0, 0.05) is 50.6 Å². The van der Waals surface area contributed by atoms with Crippen molar-refractivity contribution in [1.29, 1.82) is 0 Å². The van der Waals surface area contributed by atoms with Crippen LogP contribution >= 0.6 is 0 Å². The van der Waals surface area contributed by atoms with Crippen molar-refractivity contribution < 1.29 is 19.8 Å². The van der Waals surface area contributed by atoms with Gasteiger partial charge >= 0.3 is 11.9 Å². The Morgan fingerprint density at radius 2 is 1.52 bits per heavy atom. The van der Waals surface area contributed by atoms with Crippen LogP contribution in [0.3, 0.4) is 0 Å². The third-order valence-corrected chi connectivity index (χ3v) is 6.18. The third kappa shape index (κ3) is 8.06. The molecule has 0 aromatic heterocycles. The zero-order chi connectivity index (χ0) is 23.6. The molecule has 0 amide bonds. The lowest BCUT2D eigenvalue weighted by molar-refractivity contribution is -0.134. The molecule has 1 aliphatic heterocycles. The van der Waals surface area contributed by atoms with E-state index in [2.05, 4.69) is 59.2 Å². The van der Waals surface area contributed by atoms with Crippen molar-refractivity contribution in [3.8, 4) is 0 Å². The number of rotatable bonds is 5. The molecular weight excluding hydrogens is 416 g/mol. The van der Waals surface area contributed by atoms with Gasteiger partial charge in [0.1, 0.15) is 0 Å². The van der Waals surface area contributed by atoms with E-state index >= 15 is 0 Å². The zero-order valence-electron chi connectivity index (χ0n) is 19.4. The van der Waals surface area contributed by atoms with Gasteiger partial charge in [-0.1, -0.05) is 36.8 Å². The third-order valence-electron chi connectivity index (χ3n) is 6.18. The summed E-state index contributed by atoms with van der Waals surface area (Å²) >= 11 is 0. The standard InChI is InChI=1S/C23H30N2.C4H4O4/c1-19-6-5-9-23(16-19)25-14-12-24(13-15-25)18-20-10-11-21-7-3-2-4-8-22(21)17-20;5-3(6)1-2-4(7)8/h5-6,9-11,16-17H,2-4,7-8,12-15,18H2,1H3;1-2H,(H,5,6)(H,7,8)/b;2-1+. The van der Waals surface area contributed by atoms with Gasteiger partial charge in [-0.2, -0.15) is 0 Å². The Balaban J connectivity index is 0.000000331. The number of nitrogens with zero attached hydrogens (tertiary/aromatic N) is 2. The number of fused-ring (bicyclic) bond motifs is 1. The van der Waals surface area contributed by atoms with Crippen molar-refractivity contribution in [3.63, 3.8) is 0 Å². The minimum atomic E-state index is -1.26. The molecule has 6 heteroatoms. The lowest BCUT2D eigenvalue weighted by Crippen LogP contribution is -2.46. The molecule has 4 rings (SSSR count). The quantitative estimate of drug-likeness (QED) is 0.522. The summed E-state index contributed by atoms with van der Waals surface area (Å²) in [4.78, 5) is 24.3. The topological polar surface area (TPSA) is 81.1 Å². The molecule has 2 N–H and O–H groups in total. The van der Waals surface area contributed by atoms with Crippen LogP contribution in [0.25, 0.3) is 0 Å². The maximum atomic E-state index is 9.55. The van der Waals surface area contributed by atoms with Crippen LogP contribution in [0.2, 0.25) is 0 Å². The highest BCUT2D eigenvalue weighted by Gasteiger charge is 2.18. The molecule has 0 radical (unpaired) electrons. The van der Waals surface area contributed by atoms with Gasteiger partial charge < -0.3 is 15.1 Å². The molecule has 0 bridgehead atoms. The van der Waals surface area contributed by atoms with E-state index in [4.69, 9.17) is 10.2 Å². The van der Waals surface area contributed by atoms with Gasteiger partial charge in [-0.3, -0.25) is 4.90 Å². The molecule has 1 aliphatic carbocycles. The average molecular weight is 451 g/mol. The van der Waals surface area contributed by atoms with Crippen LogP contribution in [0.4, 0.5) is 5.69 Å². The minimum absolute atomic E-state index is 0.558. The highest BCUT2D eigenvalue weighted by atomic mass is 16.4. The van der Waals surface area contributed by atoms with E-state index in [0.29, 0.717) is 12.2 Å². The summed E-state index contributed by atoms with van der Waals surface area (Å²) in [7, 11) is 0. The first kappa shape index (κ1) is 24.5. The fourth-order valence-corrected chi connectivity index (χ4v) is 4.45. The molecule has 2 aromatic carbocycles. The Kier molecular flexibility index (Phi) is 9.07. The molecular formula is C27H34N2O4. The van der Waals surface area contributed by atoms with E-state index in [0.717, 1.165) is 32.7 Å². The largest absolute Gasteiger partial charge is 0.478 e. The number of aliphatic carboxylic acids is 2. The first-order valence-corrected chi connectivity index (χ1v) is 11.7. The van der Waals surface area contributed by atoms with E-state index in [9.17, 15) is 9.59 Å². The fourth-order valence-electron chi connectivity index (χ4n) is 4.45. The summed E-state index contributed by atoms with van der Waals surface area (Å²) in [6.45, 7) is 7.87. The summed E-state index contributed by atoms with van der Waals surface area (Å²) in [6, 6.07) is 16.2. The monoisotopic (exact) mass is 450 g/mol. The van der Waals surface area contributed by atoms with Gasteiger partial charge in [0.05, 0.1) is 0 Å². The van der Waals surface area contributed by atoms with E-state index in [-0.39, 0.29) is 0 Å². The van der Waals surface area contributed by atoms with Crippen molar-refractivity contribution in [3.05, 3.63) is 76.9 Å². The second-order valence-corrected chi connectivity index (χ2v) is 8.78. The molecule has 0 spiro atoms. The number of anilines is 1. The predicted octanol–water partition coefficient (Wildman–Crippen LogP) is 4.30. The van der Waals surface area contributed by atoms with Gasteiger partial charge in [0.2, 0.25) is 0 Å². The molecule has 1 fully saturated rings. The van der Waals surface area contributed by atoms with Crippen molar-refractivity contribution in [2.75, 3.05) is 31.1 Å². The molecule has 1 heterocycles. The number of carboxylic acids is 2. The Bertz CT molecular complexity index is 962. The van der Waals surface area contributed by atoms with Crippen molar-refractivity contribution in [2.24, 2.45) is 0 Å². The number of carboxylic acid groups (broad SMARTS) is 2. The number of piperazine rings is 1. The molecule has 0 saturated carbocycles. The summed E-state index contributed by atoms with van der Waals surface area (Å²) in [6.07, 6.45) is 7.81. The molecule has 2 aliphatic rings. The van der Waals surface area contributed by atoms with Crippen LogP contribution in [0.15, 0.2) is 54.6 Å². The first-order chi connectivity index (χ1) is 15.9. The summed E-state index contributed by atoms with van der Waals surface area (Å²) < 4.78 is 0. The first-order valence-electron chi connectivity index (χ1n) is 11.7. The smallest absolute Gasteiger partial charge is 0.328 e. The summed E-state index contributed by atoms with van der Waals surface area (Å²) in [5.74, 6) is -2.51. The van der Waals surface area contributed by atoms with E-state index in [1.54, 1.807) is 11.1 Å². The number of benzene rings is 2. The highest BCUT2D eigenvalue weighted by Crippen LogP contribution is 2.23. The van der Waals surface area contributed by atoms with E-state index in [1.807, 2.05) is 0 Å². The predicted molar refractivity (Wildman–Crippen MR) is 131 cm³/mol. The van der Waals surface area contributed by atoms with Gasteiger partial charge in [-0.05, 0) is 67.0 Å². The van der Waals surface area contributed by atoms with E-state index in [1.165, 1.54) is 48.9 Å². The lowest BCUT2D eigenvalue weighted by Gasteiger charge is -2.36. The molecule has 33 heavy (non-hydrogen) atoms. The second-order valence-electron chi connectivity index (χ2n) is 8.78. The number of aryl methyl sites for hydroxylation is 3. The van der Waals surface area contributed by atoms with Crippen LogP contribution < -0.4 is 4.90 Å². The molecule has 0 atom stereocenters. The Morgan fingerprint density at radius 1 is 0.848 bits per heavy atom. The SMILES string of the molecule is Cc1cccc(N2CCN(Cc3ccc4c(c3)CCCCC4)CC2)c1.O=C(O)/C=C/C(=O)O. The zero-order valence-corrected chi connectivity index (χ0v) is 19.4. The minimum Gasteiger partial charge on any atom is -0.478 e. The van der Waals surface area contributed by atoms with Crippen molar-refractivity contribution >= 4 is 17.6 Å². The molecule has 0 unspecified atom stereocenters. The van der Waals surface area contributed by atoms with Gasteiger partial charge in [0.25, 0.3) is 0 Å². The maximum absolute atomic E-state index is 9.55. The van der Waals surface area contributed by atoms with Crippen LogP contribution in [0.5, 0.6) is 0 Å². The van der Waals surface area contributed by atoms with E-state index < -0.39 is 11.9 Å². The second kappa shape index (κ2) is 12.2. The Morgan fingerprint density at radius 3 is 2.15 bits per heavy atom. The Labute approximate surface area is 196 Å². The van der Waals surface area contributed by atoms with Crippen LogP contribution in [0, 0.1) is 6.92 Å². The average Bonchev–Trinajstić information content (AvgIpc) is 3.04. The van der Waals surface area contributed by atoms with Gasteiger partial charge in [-0.25, -0.2) is 9.59 Å². The normalized spacial score (nSPS) is 16.5. The lowest BCUT2D eigenvalue weighted by atomic mass is 10.00. The summed E-state index contributed by atoms with van der Waals surface area (Å²) in [5, 5.41) is 15.6. The van der Waals surface area contributed by atoms with Crippen LogP contribution in [0.1, 0.15) is 41.5 Å². The summed E-state index contributed by atoms with van der Waals surface area (Å²) in [5.41, 5.74) is 7.46. The Hall–Kier alpha value is -3.12. The van der Waals surface area contributed by atoms with Gasteiger partial charge in [0.15, 0.2) is 0 Å². The molecule has 176 valence electrons.